The van der Waals surface area contributed by atoms with Crippen molar-refractivity contribution in [3.8, 4) is 11.9 Å². The number of hydrogen-bond acceptors (Lipinski definition) is 7. The Hall–Kier alpha value is -3.78. The summed E-state index contributed by atoms with van der Waals surface area (Å²) in [6.45, 7) is 3.01. The minimum atomic E-state index is -3.62. The van der Waals surface area contributed by atoms with Gasteiger partial charge in [-0.3, -0.25) is 14.4 Å². The van der Waals surface area contributed by atoms with Gasteiger partial charge in [0.2, 0.25) is 15.9 Å². The number of aromatic hydroxyl groups is 1. The molecule has 2 heterocycles. The van der Waals surface area contributed by atoms with E-state index in [2.05, 4.69) is 4.99 Å². The Kier molecular flexibility index (Phi) is 7.12. The first-order valence-electron chi connectivity index (χ1n) is 11.0. The largest absolute Gasteiger partial charge is 0.494 e. The second kappa shape index (κ2) is 10.2. The minimum Gasteiger partial charge on any atom is -0.494 e. The van der Waals surface area contributed by atoms with Crippen molar-refractivity contribution in [1.29, 1.82) is 5.26 Å². The zero-order valence-electron chi connectivity index (χ0n) is 19.1. The lowest BCUT2D eigenvalue weighted by Crippen LogP contribution is -2.40. The molecule has 1 aliphatic rings. The van der Waals surface area contributed by atoms with Gasteiger partial charge >= 0.3 is 0 Å². The van der Waals surface area contributed by atoms with E-state index in [1.165, 1.54) is 22.7 Å². The molecule has 1 aromatic heterocycles. The van der Waals surface area contributed by atoms with Crippen molar-refractivity contribution in [3.05, 3.63) is 87.2 Å². The summed E-state index contributed by atoms with van der Waals surface area (Å²) in [5.74, 6) is -0.300. The van der Waals surface area contributed by atoms with Crippen molar-refractivity contribution in [3.63, 3.8) is 0 Å². The molecule has 0 bridgehead atoms. The molecule has 0 saturated carbocycles. The molecular formula is C25H24N4O5S. The van der Waals surface area contributed by atoms with Gasteiger partial charge in [0.05, 0.1) is 35.9 Å². The Morgan fingerprint density at radius 1 is 1.11 bits per heavy atom. The number of ether oxygens (including phenoxy) is 1. The van der Waals surface area contributed by atoms with Crippen molar-refractivity contribution in [1.82, 2.24) is 8.87 Å². The number of pyridine rings is 1. The molecule has 0 amide bonds. The molecule has 3 aromatic rings. The van der Waals surface area contributed by atoms with Gasteiger partial charge < -0.3 is 9.84 Å². The van der Waals surface area contributed by atoms with Gasteiger partial charge in [-0.25, -0.2) is 8.42 Å². The van der Waals surface area contributed by atoms with Gasteiger partial charge in [-0.2, -0.15) is 9.57 Å². The highest BCUT2D eigenvalue weighted by molar-refractivity contribution is 7.89. The number of morpholine rings is 1. The van der Waals surface area contributed by atoms with E-state index in [0.717, 1.165) is 10.1 Å². The van der Waals surface area contributed by atoms with Crippen LogP contribution in [0.2, 0.25) is 0 Å². The number of aromatic nitrogens is 1. The average Bonchev–Trinajstić information content (AvgIpc) is 2.88. The fraction of sp³-hybridized carbons (Fsp3) is 0.240. The smallest absolute Gasteiger partial charge is 0.271 e. The van der Waals surface area contributed by atoms with Crippen LogP contribution in [0.1, 0.15) is 22.3 Å². The Labute approximate surface area is 203 Å². The third-order valence-electron chi connectivity index (χ3n) is 5.82. The molecule has 180 valence electrons. The van der Waals surface area contributed by atoms with E-state index >= 15 is 0 Å². The number of nitrogens with zero attached hydrogens (tertiary/aromatic N) is 4. The fourth-order valence-electron chi connectivity index (χ4n) is 3.82. The highest BCUT2D eigenvalue weighted by atomic mass is 32.2. The maximum atomic E-state index is 12.8. The van der Waals surface area contributed by atoms with Gasteiger partial charge in [0.15, 0.2) is 0 Å². The summed E-state index contributed by atoms with van der Waals surface area (Å²) in [6, 6.07) is 17.1. The predicted octanol–water partition coefficient (Wildman–Crippen LogP) is 2.55. The van der Waals surface area contributed by atoms with Crippen molar-refractivity contribution in [2.24, 2.45) is 4.99 Å². The monoisotopic (exact) mass is 492 g/mol. The van der Waals surface area contributed by atoms with Crippen LogP contribution < -0.4 is 5.56 Å². The lowest BCUT2D eigenvalue weighted by Gasteiger charge is -2.26. The normalized spacial score (nSPS) is 14.7. The summed E-state index contributed by atoms with van der Waals surface area (Å²) < 4.78 is 33.3. The van der Waals surface area contributed by atoms with Crippen LogP contribution in [0.5, 0.6) is 5.88 Å². The highest BCUT2D eigenvalue weighted by Gasteiger charge is 2.26. The standard InChI is InChI=1S/C25H24N4O5S/c1-18-22(15-26)24(30)29(17-19-5-3-2-4-6-19)25(31)23(18)16-27-20-7-9-21(10-8-20)35(32,33)28-11-13-34-14-12-28/h2-10,16,31H,11-14,17H2,1H3. The van der Waals surface area contributed by atoms with E-state index < -0.39 is 15.6 Å². The van der Waals surface area contributed by atoms with Crippen LogP contribution in [-0.2, 0) is 21.3 Å². The fourth-order valence-corrected chi connectivity index (χ4v) is 5.23. The zero-order chi connectivity index (χ0) is 25.0. The topological polar surface area (TPSA) is 125 Å². The molecule has 4 rings (SSSR count). The molecule has 35 heavy (non-hydrogen) atoms. The zero-order valence-corrected chi connectivity index (χ0v) is 19.9. The van der Waals surface area contributed by atoms with Crippen LogP contribution in [-0.4, -0.2) is 54.9 Å². The van der Waals surface area contributed by atoms with E-state index in [0.29, 0.717) is 37.6 Å². The van der Waals surface area contributed by atoms with Crippen molar-refractivity contribution in [2.75, 3.05) is 26.3 Å². The summed E-state index contributed by atoms with van der Waals surface area (Å²) in [7, 11) is -3.62. The lowest BCUT2D eigenvalue weighted by molar-refractivity contribution is 0.0730. The van der Waals surface area contributed by atoms with E-state index in [9.17, 15) is 23.6 Å². The molecule has 0 unspecified atom stereocenters. The van der Waals surface area contributed by atoms with Gasteiger partial charge in [0, 0.05) is 19.3 Å². The molecule has 1 saturated heterocycles. The number of aliphatic imine (C=N–C) groups is 1. The predicted molar refractivity (Wildman–Crippen MR) is 131 cm³/mol. The maximum Gasteiger partial charge on any atom is 0.271 e. The van der Waals surface area contributed by atoms with Crippen molar-refractivity contribution < 1.29 is 18.3 Å². The van der Waals surface area contributed by atoms with Gasteiger partial charge in [-0.05, 0) is 42.3 Å². The summed E-state index contributed by atoms with van der Waals surface area (Å²) in [4.78, 5) is 17.3. The van der Waals surface area contributed by atoms with E-state index in [1.54, 1.807) is 19.1 Å². The molecule has 1 aliphatic heterocycles. The highest BCUT2D eigenvalue weighted by Crippen LogP contribution is 2.24. The summed E-state index contributed by atoms with van der Waals surface area (Å²) >= 11 is 0. The second-order valence-electron chi connectivity index (χ2n) is 7.99. The van der Waals surface area contributed by atoms with Crippen LogP contribution in [0.25, 0.3) is 0 Å². The van der Waals surface area contributed by atoms with E-state index in [-0.39, 0.29) is 28.4 Å². The van der Waals surface area contributed by atoms with Crippen molar-refractivity contribution in [2.45, 2.75) is 18.4 Å². The molecule has 1 N–H and O–H groups in total. The average molecular weight is 493 g/mol. The number of hydrogen-bond donors (Lipinski definition) is 1. The molecule has 0 radical (unpaired) electrons. The first-order chi connectivity index (χ1) is 16.8. The Balaban J connectivity index is 1.65. The lowest BCUT2D eigenvalue weighted by atomic mass is 10.1. The Bertz CT molecular complexity index is 1450. The second-order valence-corrected chi connectivity index (χ2v) is 9.93. The number of benzene rings is 2. The van der Waals surface area contributed by atoms with Crippen LogP contribution in [0.15, 0.2) is 69.3 Å². The summed E-state index contributed by atoms with van der Waals surface area (Å²) in [6.07, 6.45) is 1.37. The maximum absolute atomic E-state index is 12.8. The molecule has 0 spiro atoms. The third kappa shape index (κ3) is 5.02. The van der Waals surface area contributed by atoms with Gasteiger partial charge in [0.1, 0.15) is 11.6 Å². The molecule has 10 heteroatoms. The summed E-state index contributed by atoms with van der Waals surface area (Å²) in [5.41, 5.74) is 1.13. The molecule has 1 fully saturated rings. The van der Waals surface area contributed by atoms with Crippen LogP contribution in [0.4, 0.5) is 5.69 Å². The number of nitriles is 1. The van der Waals surface area contributed by atoms with Crippen LogP contribution >= 0.6 is 0 Å². The Morgan fingerprint density at radius 2 is 1.77 bits per heavy atom. The first kappa shape index (κ1) is 24.3. The van der Waals surface area contributed by atoms with Crippen LogP contribution in [0, 0.1) is 18.3 Å². The molecule has 0 aliphatic carbocycles. The quantitative estimate of drug-likeness (QED) is 0.527. The minimum absolute atomic E-state index is 0.0767. The van der Waals surface area contributed by atoms with Crippen molar-refractivity contribution >= 4 is 21.9 Å². The SMILES string of the molecule is Cc1c(C=Nc2ccc(S(=O)(=O)N3CCOCC3)cc2)c(O)n(Cc2ccccc2)c(=O)c1C#N. The molecular weight excluding hydrogens is 468 g/mol. The van der Waals surface area contributed by atoms with Crippen LogP contribution in [0.3, 0.4) is 0 Å². The molecule has 2 aromatic carbocycles. The number of rotatable bonds is 6. The third-order valence-corrected chi connectivity index (χ3v) is 7.73. The number of sulfonamides is 1. The Morgan fingerprint density at radius 3 is 2.40 bits per heavy atom. The van der Waals surface area contributed by atoms with Gasteiger partial charge in [0.25, 0.3) is 5.56 Å². The van der Waals surface area contributed by atoms with Gasteiger partial charge in [-0.1, -0.05) is 30.3 Å². The van der Waals surface area contributed by atoms with E-state index in [4.69, 9.17) is 4.74 Å². The summed E-state index contributed by atoms with van der Waals surface area (Å²) in [5, 5.41) is 20.4. The van der Waals surface area contributed by atoms with Gasteiger partial charge in [-0.15, -0.1) is 0 Å². The first-order valence-corrected chi connectivity index (χ1v) is 12.4. The molecule has 9 nitrogen and oxygen atoms in total. The molecule has 0 atom stereocenters. The van der Waals surface area contributed by atoms with E-state index in [1.807, 2.05) is 36.4 Å².